The molecule has 0 unspecified atom stereocenters. The predicted molar refractivity (Wildman–Crippen MR) is 105 cm³/mol. The van der Waals surface area contributed by atoms with Crippen LogP contribution in [0, 0.1) is 0 Å². The Labute approximate surface area is 145 Å². The van der Waals surface area contributed by atoms with Gasteiger partial charge < -0.3 is 0 Å². The Balaban J connectivity index is 1.76. The summed E-state index contributed by atoms with van der Waals surface area (Å²) in [7, 11) is 0. The van der Waals surface area contributed by atoms with Crippen molar-refractivity contribution < 1.29 is 0 Å². The third kappa shape index (κ3) is 4.54. The van der Waals surface area contributed by atoms with E-state index in [-0.39, 0.29) is 0 Å². The standard InChI is InChI=1S/C22H17Br/c23-22-17-20(12-11-18-7-3-1-4-8-18)14-16-21(22)15-13-19-9-5-2-6-10-19/h1-17H/b12-11+,15-13+. The molecule has 0 aromatic heterocycles. The summed E-state index contributed by atoms with van der Waals surface area (Å²) in [6.45, 7) is 0. The lowest BCUT2D eigenvalue weighted by molar-refractivity contribution is 1.57. The van der Waals surface area contributed by atoms with Crippen LogP contribution in [0.2, 0.25) is 0 Å². The number of hydrogen-bond acceptors (Lipinski definition) is 0. The van der Waals surface area contributed by atoms with Crippen LogP contribution in [0.4, 0.5) is 0 Å². The first kappa shape index (κ1) is 15.5. The van der Waals surface area contributed by atoms with Gasteiger partial charge in [0.25, 0.3) is 0 Å². The molecule has 3 aromatic carbocycles. The minimum Gasteiger partial charge on any atom is -0.0622 e. The minimum absolute atomic E-state index is 1.10. The summed E-state index contributed by atoms with van der Waals surface area (Å²) in [4.78, 5) is 0. The highest BCUT2D eigenvalue weighted by Gasteiger charge is 1.97. The molecule has 0 radical (unpaired) electrons. The molecule has 0 fully saturated rings. The fraction of sp³-hybridized carbons (Fsp3) is 0. The van der Waals surface area contributed by atoms with E-state index in [1.165, 1.54) is 22.3 Å². The van der Waals surface area contributed by atoms with Gasteiger partial charge >= 0.3 is 0 Å². The topological polar surface area (TPSA) is 0 Å². The van der Waals surface area contributed by atoms with Crippen molar-refractivity contribution in [1.29, 1.82) is 0 Å². The zero-order chi connectivity index (χ0) is 15.9. The summed E-state index contributed by atoms with van der Waals surface area (Å²) < 4.78 is 1.10. The maximum atomic E-state index is 3.66. The predicted octanol–water partition coefficient (Wildman–Crippen LogP) is 6.79. The van der Waals surface area contributed by atoms with E-state index in [2.05, 4.69) is 82.7 Å². The number of hydrogen-bond donors (Lipinski definition) is 0. The molecule has 0 spiro atoms. The largest absolute Gasteiger partial charge is 0.0622 e. The molecule has 0 saturated carbocycles. The second-order valence-electron chi connectivity index (χ2n) is 5.27. The summed E-state index contributed by atoms with van der Waals surface area (Å²) in [6, 6.07) is 27.1. The molecule has 0 bridgehead atoms. The van der Waals surface area contributed by atoms with Crippen molar-refractivity contribution in [2.24, 2.45) is 0 Å². The van der Waals surface area contributed by atoms with E-state index in [9.17, 15) is 0 Å². The molecule has 0 N–H and O–H groups in total. The maximum Gasteiger partial charge on any atom is 0.0253 e. The summed E-state index contributed by atoms with van der Waals surface area (Å²) in [6.07, 6.45) is 8.51. The molecule has 3 aromatic rings. The molecule has 0 saturated heterocycles. The van der Waals surface area contributed by atoms with Gasteiger partial charge in [-0.2, -0.15) is 0 Å². The van der Waals surface area contributed by atoms with E-state index in [0.29, 0.717) is 0 Å². The van der Waals surface area contributed by atoms with Gasteiger partial charge in [-0.05, 0) is 28.3 Å². The van der Waals surface area contributed by atoms with Crippen LogP contribution in [0.3, 0.4) is 0 Å². The van der Waals surface area contributed by atoms with Crippen LogP contribution in [-0.2, 0) is 0 Å². The summed E-state index contributed by atoms with van der Waals surface area (Å²) in [5.41, 5.74) is 4.76. The Bertz CT molecular complexity index is 815. The van der Waals surface area contributed by atoms with E-state index in [1.807, 2.05) is 36.4 Å². The van der Waals surface area contributed by atoms with Crippen LogP contribution in [0.1, 0.15) is 22.3 Å². The number of rotatable bonds is 4. The molecule has 0 amide bonds. The third-order valence-electron chi connectivity index (χ3n) is 3.55. The zero-order valence-corrected chi connectivity index (χ0v) is 14.3. The molecule has 0 atom stereocenters. The van der Waals surface area contributed by atoms with Crippen LogP contribution < -0.4 is 0 Å². The Morgan fingerprint density at radius 2 is 1.04 bits per heavy atom. The second-order valence-corrected chi connectivity index (χ2v) is 6.12. The van der Waals surface area contributed by atoms with Crippen LogP contribution in [0.5, 0.6) is 0 Å². The zero-order valence-electron chi connectivity index (χ0n) is 12.7. The van der Waals surface area contributed by atoms with Crippen molar-refractivity contribution in [3.63, 3.8) is 0 Å². The summed E-state index contributed by atoms with van der Waals surface area (Å²) in [5.74, 6) is 0. The highest BCUT2D eigenvalue weighted by molar-refractivity contribution is 9.10. The fourth-order valence-corrected chi connectivity index (χ4v) is 2.82. The average molecular weight is 361 g/mol. The molecule has 0 aliphatic carbocycles. The van der Waals surface area contributed by atoms with Gasteiger partial charge in [0.1, 0.15) is 0 Å². The van der Waals surface area contributed by atoms with Crippen molar-refractivity contribution in [3.05, 3.63) is 106 Å². The Morgan fingerprint density at radius 1 is 0.522 bits per heavy atom. The van der Waals surface area contributed by atoms with E-state index in [4.69, 9.17) is 0 Å². The molecule has 0 aliphatic rings. The molecule has 0 nitrogen and oxygen atoms in total. The normalized spacial score (nSPS) is 11.3. The molecule has 0 heterocycles. The molecule has 3 rings (SSSR count). The summed E-state index contributed by atoms with van der Waals surface area (Å²) in [5, 5.41) is 0. The second kappa shape index (κ2) is 7.75. The van der Waals surface area contributed by atoms with Crippen molar-refractivity contribution in [1.82, 2.24) is 0 Å². The van der Waals surface area contributed by atoms with Gasteiger partial charge in [-0.15, -0.1) is 0 Å². The quantitative estimate of drug-likeness (QED) is 0.449. The lowest BCUT2D eigenvalue weighted by atomic mass is 10.1. The lowest BCUT2D eigenvalue weighted by Crippen LogP contribution is -1.79. The molecular formula is C22H17Br. The Morgan fingerprint density at radius 3 is 1.61 bits per heavy atom. The first-order valence-corrected chi connectivity index (χ1v) is 8.36. The monoisotopic (exact) mass is 360 g/mol. The SMILES string of the molecule is Brc1cc(/C=C/c2ccccc2)ccc1/C=C/c1ccccc1. The summed E-state index contributed by atoms with van der Waals surface area (Å²) >= 11 is 3.66. The van der Waals surface area contributed by atoms with Crippen LogP contribution in [0.25, 0.3) is 24.3 Å². The van der Waals surface area contributed by atoms with Gasteiger partial charge in [-0.1, -0.05) is 113 Å². The Hall–Kier alpha value is -2.38. The molecule has 23 heavy (non-hydrogen) atoms. The van der Waals surface area contributed by atoms with Gasteiger partial charge in [-0.3, -0.25) is 0 Å². The fourth-order valence-electron chi connectivity index (χ4n) is 2.29. The van der Waals surface area contributed by atoms with Gasteiger partial charge in [-0.25, -0.2) is 0 Å². The highest BCUT2D eigenvalue weighted by Crippen LogP contribution is 2.22. The van der Waals surface area contributed by atoms with E-state index in [1.54, 1.807) is 0 Å². The molecule has 0 aliphatic heterocycles. The van der Waals surface area contributed by atoms with Crippen molar-refractivity contribution in [3.8, 4) is 0 Å². The van der Waals surface area contributed by atoms with Gasteiger partial charge in [0.05, 0.1) is 0 Å². The van der Waals surface area contributed by atoms with Gasteiger partial charge in [0, 0.05) is 4.47 Å². The van der Waals surface area contributed by atoms with Crippen molar-refractivity contribution >= 4 is 40.2 Å². The minimum atomic E-state index is 1.10. The third-order valence-corrected chi connectivity index (χ3v) is 4.23. The average Bonchev–Trinajstić information content (AvgIpc) is 2.61. The van der Waals surface area contributed by atoms with Crippen LogP contribution >= 0.6 is 15.9 Å². The Kier molecular flexibility index (Phi) is 5.23. The first-order chi connectivity index (χ1) is 11.3. The van der Waals surface area contributed by atoms with Crippen molar-refractivity contribution in [2.75, 3.05) is 0 Å². The maximum absolute atomic E-state index is 3.66. The van der Waals surface area contributed by atoms with Gasteiger partial charge in [0.15, 0.2) is 0 Å². The van der Waals surface area contributed by atoms with E-state index >= 15 is 0 Å². The molecule has 1 heteroatoms. The van der Waals surface area contributed by atoms with Crippen LogP contribution in [-0.4, -0.2) is 0 Å². The van der Waals surface area contributed by atoms with E-state index in [0.717, 1.165) is 4.47 Å². The highest BCUT2D eigenvalue weighted by atomic mass is 79.9. The van der Waals surface area contributed by atoms with Gasteiger partial charge in [0.2, 0.25) is 0 Å². The van der Waals surface area contributed by atoms with Crippen molar-refractivity contribution in [2.45, 2.75) is 0 Å². The smallest absolute Gasteiger partial charge is 0.0253 e. The number of benzene rings is 3. The lowest BCUT2D eigenvalue weighted by Gasteiger charge is -2.01. The molecular weight excluding hydrogens is 344 g/mol. The van der Waals surface area contributed by atoms with Crippen LogP contribution in [0.15, 0.2) is 83.3 Å². The number of halogens is 1. The van der Waals surface area contributed by atoms with E-state index < -0.39 is 0 Å². The molecule has 112 valence electrons. The first-order valence-electron chi connectivity index (χ1n) is 7.57.